The van der Waals surface area contributed by atoms with Gasteiger partial charge in [0, 0.05) is 0 Å². The molecule has 5 heteroatoms. The molecule has 0 fully saturated rings. The predicted octanol–water partition coefficient (Wildman–Crippen LogP) is 2.11. The second kappa shape index (κ2) is 3.55. The zero-order valence-corrected chi connectivity index (χ0v) is 9.12. The van der Waals surface area contributed by atoms with Gasteiger partial charge in [0.25, 0.3) is 0 Å². The summed E-state index contributed by atoms with van der Waals surface area (Å²) in [4.78, 5) is 14.9. The van der Waals surface area contributed by atoms with Gasteiger partial charge in [0.2, 0.25) is 0 Å². The summed E-state index contributed by atoms with van der Waals surface area (Å²) < 4.78 is 6.98. The van der Waals surface area contributed by atoms with Gasteiger partial charge in [0.1, 0.15) is 17.1 Å². The molecule has 0 aromatic carbocycles. The van der Waals surface area contributed by atoms with Crippen LogP contribution in [0.5, 0.6) is 0 Å². The summed E-state index contributed by atoms with van der Waals surface area (Å²) in [6, 6.07) is 7.33. The van der Waals surface area contributed by atoms with E-state index < -0.39 is 0 Å². The lowest BCUT2D eigenvalue weighted by Gasteiger charge is -1.98. The third kappa shape index (κ3) is 1.52. The van der Waals surface area contributed by atoms with E-state index in [1.807, 2.05) is 25.1 Å². The molecule has 0 spiro atoms. The van der Waals surface area contributed by atoms with Crippen LogP contribution in [-0.4, -0.2) is 20.9 Å². The number of rotatable bonds is 2. The molecule has 0 aliphatic heterocycles. The van der Waals surface area contributed by atoms with Gasteiger partial charge in [-0.15, -0.1) is 0 Å². The molecule has 3 aromatic rings. The Bertz CT molecular complexity index is 697. The van der Waals surface area contributed by atoms with Crippen LogP contribution in [0.25, 0.3) is 17.1 Å². The van der Waals surface area contributed by atoms with E-state index in [9.17, 15) is 4.79 Å². The number of aryl methyl sites for hydroxylation is 1. The van der Waals surface area contributed by atoms with Gasteiger partial charge in [0.15, 0.2) is 17.7 Å². The summed E-state index contributed by atoms with van der Waals surface area (Å²) in [6.07, 6.45) is 2.22. The fourth-order valence-corrected chi connectivity index (χ4v) is 1.68. The number of hydrogen-bond donors (Lipinski definition) is 0. The van der Waals surface area contributed by atoms with Gasteiger partial charge in [-0.25, -0.2) is 9.50 Å². The van der Waals surface area contributed by atoms with Gasteiger partial charge in [-0.05, 0) is 31.2 Å². The van der Waals surface area contributed by atoms with Crippen LogP contribution in [0, 0.1) is 6.92 Å². The molecule has 0 unspecified atom stereocenters. The van der Waals surface area contributed by atoms with Gasteiger partial charge in [-0.1, -0.05) is 0 Å². The average Bonchev–Trinajstić information content (AvgIpc) is 2.94. The van der Waals surface area contributed by atoms with Crippen LogP contribution in [0.15, 0.2) is 34.9 Å². The minimum Gasteiger partial charge on any atom is -0.460 e. The lowest BCUT2D eigenvalue weighted by atomic mass is 10.3. The highest BCUT2D eigenvalue weighted by Gasteiger charge is 2.08. The Hall–Kier alpha value is -2.43. The minimum absolute atomic E-state index is 0.421. The molecular formula is C12H9N3O2. The topological polar surface area (TPSA) is 60.4 Å². The van der Waals surface area contributed by atoms with Gasteiger partial charge in [-0.2, -0.15) is 5.10 Å². The van der Waals surface area contributed by atoms with E-state index in [2.05, 4.69) is 10.1 Å². The van der Waals surface area contributed by atoms with Crippen molar-refractivity contribution in [1.82, 2.24) is 14.6 Å². The van der Waals surface area contributed by atoms with E-state index in [1.54, 1.807) is 6.07 Å². The van der Waals surface area contributed by atoms with Crippen molar-refractivity contribution in [2.45, 2.75) is 6.92 Å². The van der Waals surface area contributed by atoms with Crippen molar-refractivity contribution in [3.8, 4) is 11.5 Å². The molecule has 0 atom stereocenters. The van der Waals surface area contributed by atoms with Crippen LogP contribution in [0.3, 0.4) is 0 Å². The Labute approximate surface area is 96.7 Å². The molecule has 0 aliphatic rings. The zero-order valence-electron chi connectivity index (χ0n) is 9.12. The van der Waals surface area contributed by atoms with Crippen LogP contribution >= 0.6 is 0 Å². The normalized spacial score (nSPS) is 10.9. The number of nitrogens with zero attached hydrogens (tertiary/aromatic N) is 3. The van der Waals surface area contributed by atoms with Crippen molar-refractivity contribution >= 4 is 11.9 Å². The lowest BCUT2D eigenvalue weighted by Crippen LogP contribution is -1.97. The number of fused-ring (bicyclic) bond motifs is 1. The van der Waals surface area contributed by atoms with Crippen LogP contribution in [-0.2, 0) is 0 Å². The van der Waals surface area contributed by atoms with Gasteiger partial charge >= 0.3 is 0 Å². The number of carbonyl (C=O) groups is 1. The summed E-state index contributed by atoms with van der Waals surface area (Å²) in [5.74, 6) is 1.50. The van der Waals surface area contributed by atoms with E-state index in [0.29, 0.717) is 22.8 Å². The SMILES string of the molecule is Cc1ccc(-c2ccc3ncc(C=O)n3n2)o1. The lowest BCUT2D eigenvalue weighted by molar-refractivity contribution is 0.111. The molecule has 0 aliphatic carbocycles. The monoisotopic (exact) mass is 227 g/mol. The molecule has 0 bridgehead atoms. The highest BCUT2D eigenvalue weighted by atomic mass is 16.3. The third-order valence-corrected chi connectivity index (χ3v) is 2.50. The van der Waals surface area contributed by atoms with E-state index in [-0.39, 0.29) is 0 Å². The molecule has 17 heavy (non-hydrogen) atoms. The number of hydrogen-bond acceptors (Lipinski definition) is 4. The quantitative estimate of drug-likeness (QED) is 0.629. The molecule has 0 saturated carbocycles. The van der Waals surface area contributed by atoms with Crippen molar-refractivity contribution in [3.63, 3.8) is 0 Å². The summed E-state index contributed by atoms with van der Waals surface area (Å²) in [5, 5.41) is 4.32. The first-order valence-corrected chi connectivity index (χ1v) is 5.15. The number of furan rings is 1. The molecule has 3 heterocycles. The Morgan fingerprint density at radius 3 is 2.88 bits per heavy atom. The first-order valence-electron chi connectivity index (χ1n) is 5.15. The van der Waals surface area contributed by atoms with Crippen molar-refractivity contribution in [3.05, 3.63) is 41.9 Å². The molecule has 3 rings (SSSR count). The summed E-state index contributed by atoms with van der Waals surface area (Å²) in [5.41, 5.74) is 1.73. The molecule has 0 amide bonds. The highest BCUT2D eigenvalue weighted by molar-refractivity contribution is 5.73. The summed E-state index contributed by atoms with van der Waals surface area (Å²) in [7, 11) is 0. The van der Waals surface area contributed by atoms with Crippen LogP contribution in [0.4, 0.5) is 0 Å². The second-order valence-electron chi connectivity index (χ2n) is 3.70. The van der Waals surface area contributed by atoms with Crippen LogP contribution in [0.2, 0.25) is 0 Å². The molecule has 84 valence electrons. The highest BCUT2D eigenvalue weighted by Crippen LogP contribution is 2.20. The van der Waals surface area contributed by atoms with E-state index in [1.165, 1.54) is 10.7 Å². The van der Waals surface area contributed by atoms with Gasteiger partial charge in [0.05, 0.1) is 6.20 Å². The maximum atomic E-state index is 10.8. The third-order valence-electron chi connectivity index (χ3n) is 2.50. The second-order valence-corrected chi connectivity index (χ2v) is 3.70. The van der Waals surface area contributed by atoms with E-state index in [4.69, 9.17) is 4.42 Å². The molecule has 0 radical (unpaired) electrons. The molecule has 3 aromatic heterocycles. The van der Waals surface area contributed by atoms with Crippen molar-refractivity contribution < 1.29 is 9.21 Å². The Morgan fingerprint density at radius 1 is 1.29 bits per heavy atom. The fraction of sp³-hybridized carbons (Fsp3) is 0.0833. The minimum atomic E-state index is 0.421. The number of aldehydes is 1. The molecule has 5 nitrogen and oxygen atoms in total. The Morgan fingerprint density at radius 2 is 2.18 bits per heavy atom. The standard InChI is InChI=1S/C12H9N3O2/c1-8-2-4-11(17-8)10-3-5-12-13-6-9(7-16)15(12)14-10/h2-7H,1H3. The van der Waals surface area contributed by atoms with Gasteiger partial charge in [-0.3, -0.25) is 4.79 Å². The number of aromatic nitrogens is 3. The smallest absolute Gasteiger partial charge is 0.170 e. The average molecular weight is 227 g/mol. The first-order chi connectivity index (χ1) is 8.28. The maximum Gasteiger partial charge on any atom is 0.170 e. The van der Waals surface area contributed by atoms with Gasteiger partial charge < -0.3 is 4.42 Å². The summed E-state index contributed by atoms with van der Waals surface area (Å²) >= 11 is 0. The van der Waals surface area contributed by atoms with Crippen molar-refractivity contribution in [1.29, 1.82) is 0 Å². The largest absolute Gasteiger partial charge is 0.460 e. The molecular weight excluding hydrogens is 218 g/mol. The van der Waals surface area contributed by atoms with Crippen molar-refractivity contribution in [2.75, 3.05) is 0 Å². The predicted molar refractivity (Wildman–Crippen MR) is 60.8 cm³/mol. The Kier molecular flexibility index (Phi) is 2.04. The van der Waals surface area contributed by atoms with Crippen LogP contribution < -0.4 is 0 Å². The van der Waals surface area contributed by atoms with E-state index >= 15 is 0 Å². The molecule has 0 N–H and O–H groups in total. The Balaban J connectivity index is 2.21. The maximum absolute atomic E-state index is 10.8. The molecule has 0 saturated heterocycles. The fourth-order valence-electron chi connectivity index (χ4n) is 1.68. The summed E-state index contributed by atoms with van der Waals surface area (Å²) in [6.45, 7) is 1.87. The first kappa shape index (κ1) is 9.77. The van der Waals surface area contributed by atoms with Crippen molar-refractivity contribution in [2.24, 2.45) is 0 Å². The number of carbonyl (C=O) groups excluding carboxylic acids is 1. The van der Waals surface area contributed by atoms with E-state index in [0.717, 1.165) is 12.0 Å². The number of imidazole rings is 1. The zero-order chi connectivity index (χ0) is 11.8. The van der Waals surface area contributed by atoms with Crippen LogP contribution in [0.1, 0.15) is 16.2 Å².